The van der Waals surface area contributed by atoms with Gasteiger partial charge in [-0.25, -0.2) is 4.79 Å². The molecule has 4 nitrogen and oxygen atoms in total. The van der Waals surface area contributed by atoms with Gasteiger partial charge in [0.1, 0.15) is 12.4 Å². The summed E-state index contributed by atoms with van der Waals surface area (Å²) in [6.07, 6.45) is 7.55. The van der Waals surface area contributed by atoms with Crippen molar-refractivity contribution in [2.45, 2.75) is 13.8 Å². The van der Waals surface area contributed by atoms with E-state index in [1.165, 1.54) is 0 Å². The van der Waals surface area contributed by atoms with Gasteiger partial charge < -0.3 is 13.8 Å². The number of allylic oxidation sites excluding steroid dienone is 1. The zero-order chi connectivity index (χ0) is 25.8. The SMILES string of the molecule is C=Cc1c(C)n(-c2ccccc2)c2ccc(-c3cc4ccc(/C=C\C)c(C=C)c4oc3=O)cc12.C=O. The van der Waals surface area contributed by atoms with Crippen LogP contribution in [0.2, 0.25) is 0 Å². The van der Waals surface area contributed by atoms with Crippen LogP contribution in [0.5, 0.6) is 0 Å². The van der Waals surface area contributed by atoms with Gasteiger partial charge in [-0.05, 0) is 55.3 Å². The van der Waals surface area contributed by atoms with Crippen molar-refractivity contribution in [3.63, 3.8) is 0 Å². The maximum Gasteiger partial charge on any atom is 0.344 e. The predicted molar refractivity (Wildman–Crippen MR) is 152 cm³/mol. The molecule has 4 heteroatoms. The maximum absolute atomic E-state index is 13.1. The third-order valence-electron chi connectivity index (χ3n) is 6.31. The molecule has 0 aliphatic heterocycles. The highest BCUT2D eigenvalue weighted by Crippen LogP contribution is 2.34. The molecule has 0 radical (unpaired) electrons. The van der Waals surface area contributed by atoms with E-state index in [2.05, 4.69) is 48.9 Å². The van der Waals surface area contributed by atoms with Crippen molar-refractivity contribution in [2.75, 3.05) is 0 Å². The molecule has 178 valence electrons. The van der Waals surface area contributed by atoms with E-state index >= 15 is 0 Å². The summed E-state index contributed by atoms with van der Waals surface area (Å²) in [4.78, 5) is 21.1. The van der Waals surface area contributed by atoms with Gasteiger partial charge in [-0.1, -0.05) is 73.9 Å². The minimum atomic E-state index is -0.369. The average molecular weight is 474 g/mol. The highest BCUT2D eigenvalue weighted by molar-refractivity contribution is 5.96. The first-order chi connectivity index (χ1) is 17.6. The molecule has 0 aliphatic carbocycles. The van der Waals surface area contributed by atoms with Gasteiger partial charge in [0.05, 0.1) is 11.1 Å². The predicted octanol–water partition coefficient (Wildman–Crippen LogP) is 7.85. The van der Waals surface area contributed by atoms with Crippen LogP contribution in [0.3, 0.4) is 0 Å². The molecular formula is C32H27NO3. The molecule has 0 unspecified atom stereocenters. The van der Waals surface area contributed by atoms with E-state index in [-0.39, 0.29) is 5.63 Å². The van der Waals surface area contributed by atoms with Crippen LogP contribution in [-0.2, 0) is 4.79 Å². The zero-order valence-electron chi connectivity index (χ0n) is 20.5. The first-order valence-electron chi connectivity index (χ1n) is 11.6. The van der Waals surface area contributed by atoms with E-state index in [1.54, 1.807) is 6.08 Å². The summed E-state index contributed by atoms with van der Waals surface area (Å²) in [6.45, 7) is 14.0. The number of para-hydroxylation sites is 1. The lowest BCUT2D eigenvalue weighted by atomic mass is 9.99. The Kier molecular flexibility index (Phi) is 6.98. The molecule has 0 bridgehead atoms. The fourth-order valence-corrected chi connectivity index (χ4v) is 4.74. The summed E-state index contributed by atoms with van der Waals surface area (Å²) in [7, 11) is 0. The number of carbonyl (C=O) groups excluding carboxylic acids is 1. The molecule has 0 aliphatic rings. The third kappa shape index (κ3) is 4.03. The average Bonchev–Trinajstić information content (AvgIpc) is 3.20. The fraction of sp³-hybridized carbons (Fsp3) is 0.0625. The molecule has 5 aromatic rings. The normalized spacial score (nSPS) is 10.9. The van der Waals surface area contributed by atoms with E-state index in [0.717, 1.165) is 49.9 Å². The van der Waals surface area contributed by atoms with Gasteiger partial charge in [0, 0.05) is 33.3 Å². The standard InChI is InChI=1S/C31H25NO2.CH2O/c1-5-11-21-14-15-23-19-27(31(33)34-30(23)26(21)7-3)22-16-17-29-28(18-22)25(6-2)20(4)32(29)24-12-9-8-10-13-24;1-2/h5-19H,2-3H2,1,4H3;1H2/b11-5-;. The highest BCUT2D eigenvalue weighted by atomic mass is 16.4. The van der Waals surface area contributed by atoms with E-state index in [1.807, 2.05) is 74.4 Å². The number of hydrogen-bond acceptors (Lipinski definition) is 3. The number of benzene rings is 3. The summed E-state index contributed by atoms with van der Waals surface area (Å²) in [5, 5.41) is 1.91. The molecule has 0 atom stereocenters. The van der Waals surface area contributed by atoms with Gasteiger partial charge in [0.25, 0.3) is 0 Å². The van der Waals surface area contributed by atoms with E-state index in [9.17, 15) is 4.79 Å². The largest absolute Gasteiger partial charge is 0.422 e. The molecule has 0 spiro atoms. The second-order valence-electron chi connectivity index (χ2n) is 8.24. The van der Waals surface area contributed by atoms with Gasteiger partial charge >= 0.3 is 5.63 Å². The Morgan fingerprint density at radius 1 is 0.889 bits per heavy atom. The lowest BCUT2D eigenvalue weighted by Gasteiger charge is -2.09. The van der Waals surface area contributed by atoms with Crippen LogP contribution in [-0.4, -0.2) is 11.4 Å². The topological polar surface area (TPSA) is 52.2 Å². The summed E-state index contributed by atoms with van der Waals surface area (Å²) < 4.78 is 8.06. The summed E-state index contributed by atoms with van der Waals surface area (Å²) in [5.41, 5.74) is 7.63. The highest BCUT2D eigenvalue weighted by Gasteiger charge is 2.17. The summed E-state index contributed by atoms with van der Waals surface area (Å²) in [5.74, 6) is 0. The molecule has 0 saturated heterocycles. The minimum Gasteiger partial charge on any atom is -0.422 e. The van der Waals surface area contributed by atoms with Gasteiger partial charge in [-0.15, -0.1) is 0 Å². The molecule has 5 rings (SSSR count). The van der Waals surface area contributed by atoms with Crippen molar-refractivity contribution >= 4 is 46.9 Å². The lowest BCUT2D eigenvalue weighted by Crippen LogP contribution is -2.03. The van der Waals surface area contributed by atoms with Gasteiger partial charge in [0.2, 0.25) is 0 Å². The van der Waals surface area contributed by atoms with Gasteiger partial charge in [0.15, 0.2) is 0 Å². The summed E-state index contributed by atoms with van der Waals surface area (Å²) in [6, 6.07) is 22.2. The van der Waals surface area contributed by atoms with Crippen LogP contribution >= 0.6 is 0 Å². The minimum absolute atomic E-state index is 0.369. The molecule has 0 N–H and O–H groups in total. The Balaban J connectivity index is 0.00000148. The first kappa shape index (κ1) is 24.4. The van der Waals surface area contributed by atoms with Crippen molar-refractivity contribution in [1.82, 2.24) is 4.57 Å². The van der Waals surface area contributed by atoms with E-state index < -0.39 is 0 Å². The Bertz CT molecular complexity index is 1680. The second kappa shape index (κ2) is 10.3. The molecule has 3 aromatic carbocycles. The molecule has 0 saturated carbocycles. The van der Waals surface area contributed by atoms with Crippen LogP contribution in [0.1, 0.15) is 29.3 Å². The van der Waals surface area contributed by atoms with E-state index in [4.69, 9.17) is 9.21 Å². The molecule has 2 aromatic heterocycles. The molecular weight excluding hydrogens is 446 g/mol. The van der Waals surface area contributed by atoms with Crippen molar-refractivity contribution in [1.29, 1.82) is 0 Å². The number of hydrogen-bond donors (Lipinski definition) is 0. The molecule has 2 heterocycles. The Morgan fingerprint density at radius 2 is 1.61 bits per heavy atom. The number of nitrogens with zero attached hydrogens (tertiary/aromatic N) is 1. The van der Waals surface area contributed by atoms with E-state index in [0.29, 0.717) is 11.1 Å². The monoisotopic (exact) mass is 473 g/mol. The summed E-state index contributed by atoms with van der Waals surface area (Å²) >= 11 is 0. The lowest BCUT2D eigenvalue weighted by molar-refractivity contribution is -0.0979. The fourth-order valence-electron chi connectivity index (χ4n) is 4.74. The number of rotatable bonds is 5. The van der Waals surface area contributed by atoms with Crippen LogP contribution in [0.25, 0.3) is 56.9 Å². The third-order valence-corrected chi connectivity index (χ3v) is 6.31. The first-order valence-corrected chi connectivity index (χ1v) is 11.6. The van der Waals surface area contributed by atoms with Crippen molar-refractivity contribution in [2.24, 2.45) is 0 Å². The number of carbonyl (C=O) groups is 1. The number of fused-ring (bicyclic) bond motifs is 2. The van der Waals surface area contributed by atoms with Crippen molar-refractivity contribution in [3.05, 3.63) is 119 Å². The molecule has 0 amide bonds. The quantitative estimate of drug-likeness (QED) is 0.244. The zero-order valence-corrected chi connectivity index (χ0v) is 20.5. The van der Waals surface area contributed by atoms with Gasteiger partial charge in [-0.2, -0.15) is 0 Å². The Labute approximate surface area is 210 Å². The van der Waals surface area contributed by atoms with Crippen molar-refractivity contribution < 1.29 is 9.21 Å². The van der Waals surface area contributed by atoms with Crippen LogP contribution < -0.4 is 5.63 Å². The Morgan fingerprint density at radius 3 is 2.28 bits per heavy atom. The van der Waals surface area contributed by atoms with Crippen LogP contribution in [0.4, 0.5) is 0 Å². The number of aromatic nitrogens is 1. The van der Waals surface area contributed by atoms with Crippen molar-refractivity contribution in [3.8, 4) is 16.8 Å². The molecule has 0 fully saturated rings. The Hall–Kier alpha value is -4.70. The second-order valence-corrected chi connectivity index (χ2v) is 8.24. The smallest absolute Gasteiger partial charge is 0.344 e. The van der Waals surface area contributed by atoms with Crippen LogP contribution in [0, 0.1) is 6.92 Å². The van der Waals surface area contributed by atoms with Crippen LogP contribution in [0.15, 0.2) is 95.2 Å². The maximum atomic E-state index is 13.1. The molecule has 36 heavy (non-hydrogen) atoms. The van der Waals surface area contributed by atoms with Gasteiger partial charge in [-0.3, -0.25) is 0 Å².